The van der Waals surface area contributed by atoms with Crippen molar-refractivity contribution in [2.24, 2.45) is 0 Å². The van der Waals surface area contributed by atoms with E-state index in [9.17, 15) is 4.39 Å². The highest BCUT2D eigenvalue weighted by Gasteiger charge is 1.99. The number of anilines is 1. The summed E-state index contributed by atoms with van der Waals surface area (Å²) >= 11 is 0. The quantitative estimate of drug-likeness (QED) is 0.879. The largest absolute Gasteiger partial charge is 0.366 e. The van der Waals surface area contributed by atoms with Gasteiger partial charge in [0.25, 0.3) is 0 Å². The molecule has 0 atom stereocenters. The standard InChI is InChI=1S/C14H16FN3/c1-2-4-13-8-14(18-10-17-13)16-9-11-5-3-6-12(15)7-11/h3,5-8,10H,2,4,9H2,1H3,(H,16,17,18). The van der Waals surface area contributed by atoms with Crippen LogP contribution in [0.3, 0.4) is 0 Å². The average molecular weight is 245 g/mol. The highest BCUT2D eigenvalue weighted by atomic mass is 19.1. The smallest absolute Gasteiger partial charge is 0.129 e. The van der Waals surface area contributed by atoms with Gasteiger partial charge in [-0.3, -0.25) is 0 Å². The molecule has 3 nitrogen and oxygen atoms in total. The Morgan fingerprint density at radius 3 is 2.89 bits per heavy atom. The molecule has 1 aromatic heterocycles. The number of hydrogen-bond donors (Lipinski definition) is 1. The van der Waals surface area contributed by atoms with E-state index in [0.717, 1.165) is 29.9 Å². The number of aryl methyl sites for hydroxylation is 1. The van der Waals surface area contributed by atoms with E-state index in [2.05, 4.69) is 22.2 Å². The molecule has 18 heavy (non-hydrogen) atoms. The fraction of sp³-hybridized carbons (Fsp3) is 0.286. The zero-order chi connectivity index (χ0) is 12.8. The van der Waals surface area contributed by atoms with E-state index in [1.807, 2.05) is 12.1 Å². The Morgan fingerprint density at radius 2 is 2.11 bits per heavy atom. The SMILES string of the molecule is CCCc1cc(NCc2cccc(F)c2)ncn1. The van der Waals surface area contributed by atoms with E-state index in [1.165, 1.54) is 12.1 Å². The molecule has 94 valence electrons. The normalized spacial score (nSPS) is 10.3. The Balaban J connectivity index is 1.99. The first-order valence-corrected chi connectivity index (χ1v) is 6.07. The van der Waals surface area contributed by atoms with Crippen LogP contribution in [0.15, 0.2) is 36.7 Å². The molecule has 0 aliphatic rings. The fourth-order valence-corrected chi connectivity index (χ4v) is 1.73. The molecule has 1 heterocycles. The number of halogens is 1. The van der Waals surface area contributed by atoms with Gasteiger partial charge in [0, 0.05) is 18.3 Å². The number of rotatable bonds is 5. The van der Waals surface area contributed by atoms with Gasteiger partial charge in [-0.1, -0.05) is 25.5 Å². The molecule has 0 bridgehead atoms. The first kappa shape index (κ1) is 12.5. The molecule has 1 aromatic carbocycles. The van der Waals surface area contributed by atoms with Gasteiger partial charge < -0.3 is 5.32 Å². The Labute approximate surface area is 106 Å². The number of hydrogen-bond acceptors (Lipinski definition) is 3. The Bertz CT molecular complexity index is 514. The molecule has 0 aliphatic heterocycles. The van der Waals surface area contributed by atoms with Crippen molar-refractivity contribution in [3.8, 4) is 0 Å². The van der Waals surface area contributed by atoms with Gasteiger partial charge in [-0.2, -0.15) is 0 Å². The summed E-state index contributed by atoms with van der Waals surface area (Å²) in [5.41, 5.74) is 1.92. The van der Waals surface area contributed by atoms with Gasteiger partial charge in [-0.05, 0) is 24.1 Å². The fourth-order valence-electron chi connectivity index (χ4n) is 1.73. The van der Waals surface area contributed by atoms with Crippen LogP contribution in [0.25, 0.3) is 0 Å². The van der Waals surface area contributed by atoms with Crippen molar-refractivity contribution in [2.75, 3.05) is 5.32 Å². The molecule has 0 unspecified atom stereocenters. The van der Waals surface area contributed by atoms with Crippen molar-refractivity contribution in [3.05, 3.63) is 53.7 Å². The van der Waals surface area contributed by atoms with Crippen molar-refractivity contribution < 1.29 is 4.39 Å². The van der Waals surface area contributed by atoms with Crippen LogP contribution in [0.1, 0.15) is 24.6 Å². The van der Waals surface area contributed by atoms with Crippen LogP contribution >= 0.6 is 0 Å². The van der Waals surface area contributed by atoms with Gasteiger partial charge in [0.05, 0.1) is 0 Å². The van der Waals surface area contributed by atoms with E-state index < -0.39 is 0 Å². The molecular weight excluding hydrogens is 229 g/mol. The van der Waals surface area contributed by atoms with Crippen LogP contribution < -0.4 is 5.32 Å². The Morgan fingerprint density at radius 1 is 1.22 bits per heavy atom. The van der Waals surface area contributed by atoms with E-state index in [0.29, 0.717) is 6.54 Å². The Hall–Kier alpha value is -1.97. The molecule has 0 saturated heterocycles. The topological polar surface area (TPSA) is 37.8 Å². The number of aromatic nitrogens is 2. The van der Waals surface area contributed by atoms with Crippen molar-refractivity contribution in [1.82, 2.24) is 9.97 Å². The third kappa shape index (κ3) is 3.52. The maximum Gasteiger partial charge on any atom is 0.129 e. The summed E-state index contributed by atoms with van der Waals surface area (Å²) in [6, 6.07) is 8.47. The molecule has 0 aliphatic carbocycles. The zero-order valence-corrected chi connectivity index (χ0v) is 10.4. The monoisotopic (exact) mass is 245 g/mol. The molecular formula is C14H16FN3. The maximum atomic E-state index is 13.0. The molecule has 0 radical (unpaired) electrons. The van der Waals surface area contributed by atoms with Crippen LogP contribution in [0.2, 0.25) is 0 Å². The summed E-state index contributed by atoms with van der Waals surface area (Å²) in [6.07, 6.45) is 3.55. The van der Waals surface area contributed by atoms with Crippen LogP contribution in [-0.4, -0.2) is 9.97 Å². The van der Waals surface area contributed by atoms with Gasteiger partial charge in [-0.25, -0.2) is 14.4 Å². The summed E-state index contributed by atoms with van der Waals surface area (Å²) in [4.78, 5) is 8.33. The van der Waals surface area contributed by atoms with E-state index >= 15 is 0 Å². The number of nitrogens with one attached hydrogen (secondary N) is 1. The van der Waals surface area contributed by atoms with Crippen molar-refractivity contribution in [2.45, 2.75) is 26.3 Å². The predicted molar refractivity (Wildman–Crippen MR) is 69.8 cm³/mol. The van der Waals surface area contributed by atoms with Crippen molar-refractivity contribution in [3.63, 3.8) is 0 Å². The molecule has 0 fully saturated rings. The minimum Gasteiger partial charge on any atom is -0.366 e. The lowest BCUT2D eigenvalue weighted by Crippen LogP contribution is -2.03. The first-order valence-electron chi connectivity index (χ1n) is 6.07. The second-order valence-corrected chi connectivity index (χ2v) is 4.13. The first-order chi connectivity index (χ1) is 8.78. The maximum absolute atomic E-state index is 13.0. The minimum atomic E-state index is -0.219. The summed E-state index contributed by atoms with van der Waals surface area (Å²) in [6.45, 7) is 2.67. The summed E-state index contributed by atoms with van der Waals surface area (Å²) in [7, 11) is 0. The van der Waals surface area contributed by atoms with Gasteiger partial charge in [0.15, 0.2) is 0 Å². The molecule has 0 amide bonds. The summed E-state index contributed by atoms with van der Waals surface area (Å²) < 4.78 is 13.0. The van der Waals surface area contributed by atoms with Crippen LogP contribution in [0.5, 0.6) is 0 Å². The molecule has 2 rings (SSSR count). The van der Waals surface area contributed by atoms with Crippen LogP contribution in [-0.2, 0) is 13.0 Å². The minimum absolute atomic E-state index is 0.219. The second-order valence-electron chi connectivity index (χ2n) is 4.13. The van der Waals surface area contributed by atoms with Crippen LogP contribution in [0, 0.1) is 5.82 Å². The second kappa shape index (κ2) is 6.10. The molecule has 4 heteroatoms. The van der Waals surface area contributed by atoms with E-state index in [-0.39, 0.29) is 5.82 Å². The number of nitrogens with zero attached hydrogens (tertiary/aromatic N) is 2. The lowest BCUT2D eigenvalue weighted by molar-refractivity contribution is 0.626. The molecule has 0 saturated carbocycles. The van der Waals surface area contributed by atoms with E-state index in [4.69, 9.17) is 0 Å². The van der Waals surface area contributed by atoms with Gasteiger partial charge in [-0.15, -0.1) is 0 Å². The third-order valence-electron chi connectivity index (χ3n) is 2.59. The van der Waals surface area contributed by atoms with Gasteiger partial charge in [0.1, 0.15) is 18.0 Å². The lowest BCUT2D eigenvalue weighted by atomic mass is 10.2. The lowest BCUT2D eigenvalue weighted by Gasteiger charge is -2.06. The highest BCUT2D eigenvalue weighted by Crippen LogP contribution is 2.09. The predicted octanol–water partition coefficient (Wildman–Crippen LogP) is 3.18. The molecule has 0 spiro atoms. The van der Waals surface area contributed by atoms with Crippen LogP contribution in [0.4, 0.5) is 10.2 Å². The molecule has 2 aromatic rings. The highest BCUT2D eigenvalue weighted by molar-refractivity contribution is 5.36. The third-order valence-corrected chi connectivity index (χ3v) is 2.59. The van der Waals surface area contributed by atoms with Crippen molar-refractivity contribution >= 4 is 5.82 Å². The average Bonchev–Trinajstić information content (AvgIpc) is 2.37. The van der Waals surface area contributed by atoms with Crippen molar-refractivity contribution in [1.29, 1.82) is 0 Å². The summed E-state index contributed by atoms with van der Waals surface area (Å²) in [5.74, 6) is 0.557. The number of benzene rings is 1. The Kier molecular flexibility index (Phi) is 4.23. The van der Waals surface area contributed by atoms with Gasteiger partial charge >= 0.3 is 0 Å². The molecule has 1 N–H and O–H groups in total. The zero-order valence-electron chi connectivity index (χ0n) is 10.4. The van der Waals surface area contributed by atoms with E-state index in [1.54, 1.807) is 12.4 Å². The van der Waals surface area contributed by atoms with Gasteiger partial charge in [0.2, 0.25) is 0 Å². The summed E-state index contributed by atoms with van der Waals surface area (Å²) in [5, 5.41) is 3.17.